The van der Waals surface area contributed by atoms with Crippen molar-refractivity contribution in [3.63, 3.8) is 0 Å². The molecule has 0 heterocycles. The van der Waals surface area contributed by atoms with E-state index in [1.54, 1.807) is 24.3 Å². The van der Waals surface area contributed by atoms with E-state index >= 15 is 0 Å². The van der Waals surface area contributed by atoms with Gasteiger partial charge in [-0.2, -0.15) is 4.65 Å². The number of hydroxylamine groups is 3. The van der Waals surface area contributed by atoms with Crippen LogP contribution in [0.15, 0.2) is 29.2 Å². The lowest BCUT2D eigenvalue weighted by Gasteiger charge is -2.25. The van der Waals surface area contributed by atoms with Gasteiger partial charge in [-0.15, -0.1) is 4.31 Å². The third-order valence-electron chi connectivity index (χ3n) is 2.27. The van der Waals surface area contributed by atoms with Crippen molar-refractivity contribution in [2.75, 3.05) is 27.8 Å². The first kappa shape index (κ1) is 14.1. The van der Waals surface area contributed by atoms with Gasteiger partial charge in [0.15, 0.2) is 6.67 Å². The molecule has 0 aliphatic carbocycles. The maximum atomic E-state index is 12.1. The van der Waals surface area contributed by atoms with Gasteiger partial charge in [-0.1, -0.05) is 17.7 Å². The number of aryl methyl sites for hydroxylation is 1. The van der Waals surface area contributed by atoms with E-state index in [1.807, 2.05) is 6.92 Å². The Bertz CT molecular complexity index is 474. The Labute approximate surface area is 102 Å². The molecular formula is C11H19N2O3S+. The summed E-state index contributed by atoms with van der Waals surface area (Å²) in [6.45, 7) is 1.89. The molecule has 0 spiro atoms. The first-order valence-electron chi connectivity index (χ1n) is 5.22. The molecule has 17 heavy (non-hydrogen) atoms. The van der Waals surface area contributed by atoms with Crippen LogP contribution in [0.4, 0.5) is 0 Å². The highest BCUT2D eigenvalue weighted by molar-refractivity contribution is 7.89. The molecule has 5 nitrogen and oxygen atoms in total. The highest BCUT2D eigenvalue weighted by Gasteiger charge is 2.26. The van der Waals surface area contributed by atoms with Crippen LogP contribution >= 0.6 is 0 Å². The van der Waals surface area contributed by atoms with Gasteiger partial charge in [0.25, 0.3) is 0 Å². The van der Waals surface area contributed by atoms with E-state index in [2.05, 4.69) is 0 Å². The molecule has 6 heteroatoms. The van der Waals surface area contributed by atoms with E-state index in [0.717, 1.165) is 9.87 Å². The van der Waals surface area contributed by atoms with Gasteiger partial charge in [0, 0.05) is 7.05 Å². The molecule has 1 N–H and O–H groups in total. The lowest BCUT2D eigenvalue weighted by atomic mass is 10.2. The molecule has 0 aliphatic rings. The van der Waals surface area contributed by atoms with Crippen molar-refractivity contribution in [3.8, 4) is 0 Å². The standard InChI is InChI=1S/C11H19N2O3S/c1-10-5-7-11(8-6-10)17(15,16)12(2)9-13(3,4)14/h5-8,14H,9H2,1-4H3/q+1. The highest BCUT2D eigenvalue weighted by Crippen LogP contribution is 2.15. The average Bonchev–Trinajstić information content (AvgIpc) is 2.15. The zero-order valence-corrected chi connectivity index (χ0v) is 11.4. The largest absolute Gasteiger partial charge is 0.247 e. The van der Waals surface area contributed by atoms with Gasteiger partial charge in [0.2, 0.25) is 10.0 Å². The number of nitrogens with zero attached hydrogens (tertiary/aromatic N) is 2. The third-order valence-corrected chi connectivity index (χ3v) is 4.08. The summed E-state index contributed by atoms with van der Waals surface area (Å²) in [5, 5.41) is 9.57. The van der Waals surface area contributed by atoms with Gasteiger partial charge in [-0.3, -0.25) is 0 Å². The summed E-state index contributed by atoms with van der Waals surface area (Å²) in [6.07, 6.45) is 0. The molecule has 1 rings (SSSR count). The lowest BCUT2D eigenvalue weighted by molar-refractivity contribution is -1.08. The van der Waals surface area contributed by atoms with Crippen molar-refractivity contribution in [2.24, 2.45) is 0 Å². The van der Waals surface area contributed by atoms with Gasteiger partial charge in [-0.25, -0.2) is 13.6 Å². The Morgan fingerprint density at radius 3 is 2.12 bits per heavy atom. The monoisotopic (exact) mass is 259 g/mol. The number of rotatable bonds is 4. The lowest BCUT2D eigenvalue weighted by Crippen LogP contribution is -2.46. The molecule has 96 valence electrons. The minimum atomic E-state index is -3.53. The molecule has 1 aromatic carbocycles. The normalized spacial score (nSPS) is 13.1. The molecule has 0 atom stereocenters. The van der Waals surface area contributed by atoms with Crippen LogP contribution in [0.1, 0.15) is 5.56 Å². The molecule has 0 aliphatic heterocycles. The van der Waals surface area contributed by atoms with Crippen LogP contribution in [0.5, 0.6) is 0 Å². The van der Waals surface area contributed by atoms with E-state index in [0.29, 0.717) is 0 Å². The fourth-order valence-corrected chi connectivity index (χ4v) is 2.73. The smallest absolute Gasteiger partial charge is 0.216 e. The predicted octanol–water partition coefficient (Wildman–Crippen LogP) is 1.04. The van der Waals surface area contributed by atoms with Gasteiger partial charge in [0.1, 0.15) is 0 Å². The minimum Gasteiger partial charge on any atom is -0.216 e. The quantitative estimate of drug-likeness (QED) is 0.499. The van der Waals surface area contributed by atoms with E-state index in [9.17, 15) is 13.6 Å². The van der Waals surface area contributed by atoms with Crippen molar-refractivity contribution in [2.45, 2.75) is 11.8 Å². The highest BCUT2D eigenvalue weighted by atomic mass is 32.2. The second kappa shape index (κ2) is 4.73. The Morgan fingerprint density at radius 2 is 1.71 bits per heavy atom. The molecule has 1 aromatic rings. The maximum Gasteiger partial charge on any atom is 0.247 e. The topological polar surface area (TPSA) is 57.6 Å². The number of hydrogen-bond acceptors (Lipinski definition) is 3. The summed E-state index contributed by atoms with van der Waals surface area (Å²) in [6, 6.07) is 6.64. The summed E-state index contributed by atoms with van der Waals surface area (Å²) >= 11 is 0. The van der Waals surface area contributed by atoms with Crippen LogP contribution in [0, 0.1) is 6.92 Å². The Kier molecular flexibility index (Phi) is 3.93. The number of benzene rings is 1. The van der Waals surface area contributed by atoms with Crippen LogP contribution in [-0.4, -0.2) is 50.4 Å². The average molecular weight is 259 g/mol. The van der Waals surface area contributed by atoms with Crippen molar-refractivity contribution >= 4 is 10.0 Å². The Balaban J connectivity index is 2.99. The van der Waals surface area contributed by atoms with E-state index in [4.69, 9.17) is 0 Å². The molecule has 0 saturated carbocycles. The summed E-state index contributed by atoms with van der Waals surface area (Å²) < 4.78 is 25.0. The summed E-state index contributed by atoms with van der Waals surface area (Å²) in [5.74, 6) is 0. The molecule has 0 bridgehead atoms. The van der Waals surface area contributed by atoms with Crippen LogP contribution in [0.25, 0.3) is 0 Å². The fraction of sp³-hybridized carbons (Fsp3) is 0.455. The maximum absolute atomic E-state index is 12.1. The second-order valence-electron chi connectivity index (χ2n) is 4.68. The third kappa shape index (κ3) is 3.78. The first-order valence-corrected chi connectivity index (χ1v) is 6.66. The minimum absolute atomic E-state index is 0.00376. The SMILES string of the molecule is Cc1ccc(S(=O)(=O)N(C)C[N+](C)(C)O)cc1. The molecule has 0 unspecified atom stereocenters. The Morgan fingerprint density at radius 1 is 1.24 bits per heavy atom. The zero-order chi connectivity index (χ0) is 13.3. The molecule has 0 fully saturated rings. The van der Waals surface area contributed by atoms with Crippen LogP contribution < -0.4 is 0 Å². The van der Waals surface area contributed by atoms with Crippen LogP contribution in [-0.2, 0) is 10.0 Å². The van der Waals surface area contributed by atoms with Crippen molar-refractivity contribution < 1.29 is 18.3 Å². The van der Waals surface area contributed by atoms with Crippen LogP contribution in [0.3, 0.4) is 0 Å². The summed E-state index contributed by atoms with van der Waals surface area (Å²) in [7, 11) is 0.949. The van der Waals surface area contributed by atoms with Gasteiger partial charge in [0.05, 0.1) is 19.0 Å². The molecule has 0 saturated heterocycles. The molecular weight excluding hydrogens is 240 g/mol. The summed E-state index contributed by atoms with van der Waals surface area (Å²) in [4.78, 5) is 0.235. The van der Waals surface area contributed by atoms with Crippen molar-refractivity contribution in [1.29, 1.82) is 0 Å². The summed E-state index contributed by atoms with van der Waals surface area (Å²) in [5.41, 5.74) is 1.00. The fourth-order valence-electron chi connectivity index (χ4n) is 1.45. The van der Waals surface area contributed by atoms with Crippen molar-refractivity contribution in [1.82, 2.24) is 4.31 Å². The number of sulfonamides is 1. The van der Waals surface area contributed by atoms with E-state index in [-0.39, 0.29) is 11.6 Å². The van der Waals surface area contributed by atoms with Gasteiger partial charge >= 0.3 is 0 Å². The van der Waals surface area contributed by atoms with Crippen LogP contribution in [0.2, 0.25) is 0 Å². The zero-order valence-electron chi connectivity index (χ0n) is 10.6. The van der Waals surface area contributed by atoms with Gasteiger partial charge < -0.3 is 0 Å². The van der Waals surface area contributed by atoms with Crippen molar-refractivity contribution in [3.05, 3.63) is 29.8 Å². The van der Waals surface area contributed by atoms with E-state index < -0.39 is 14.7 Å². The second-order valence-corrected chi connectivity index (χ2v) is 6.72. The van der Waals surface area contributed by atoms with E-state index in [1.165, 1.54) is 21.1 Å². The number of quaternary nitrogens is 1. The first-order chi connectivity index (χ1) is 7.63. The predicted molar refractivity (Wildman–Crippen MR) is 64.9 cm³/mol. The van der Waals surface area contributed by atoms with Gasteiger partial charge in [-0.05, 0) is 19.1 Å². The molecule has 0 amide bonds. The molecule has 0 aromatic heterocycles. The Hall–Kier alpha value is -0.950. The number of hydrogen-bond donors (Lipinski definition) is 1. The molecule has 0 radical (unpaired) electrons.